The molecule has 0 radical (unpaired) electrons. The van der Waals surface area contributed by atoms with Gasteiger partial charge in [-0.1, -0.05) is 24.3 Å². The molecule has 0 aliphatic carbocycles. The molecule has 0 heterocycles. The average Bonchev–Trinajstić information content (AvgIpc) is 2.01. The Kier molecular flexibility index (Phi) is 2.71. The molecule has 0 amide bonds. The number of benzene rings is 1. The monoisotopic (exact) mass is 168 g/mol. The second-order valence-electron chi connectivity index (χ2n) is 2.59. The van der Waals surface area contributed by atoms with Crippen molar-refractivity contribution in [2.24, 2.45) is 0 Å². The summed E-state index contributed by atoms with van der Waals surface area (Å²) >= 11 is 0. The van der Waals surface area contributed by atoms with E-state index in [4.69, 9.17) is 13.0 Å². The Balaban J connectivity index is 2.68. The summed E-state index contributed by atoms with van der Waals surface area (Å²) in [6, 6.07) is 7.24. The van der Waals surface area contributed by atoms with Crippen molar-refractivity contribution in [2.45, 2.75) is 12.8 Å². The van der Waals surface area contributed by atoms with Crippen molar-refractivity contribution < 1.29 is 13.0 Å². The van der Waals surface area contributed by atoms with Crippen LogP contribution in [0, 0.1) is 0 Å². The topological polar surface area (TPSA) is 40.5 Å². The van der Waals surface area contributed by atoms with E-state index in [9.17, 15) is 0 Å². The zero-order chi connectivity index (χ0) is 10.6. The van der Waals surface area contributed by atoms with Crippen molar-refractivity contribution in [3.63, 3.8) is 0 Å². The van der Waals surface area contributed by atoms with Crippen LogP contribution in [-0.2, 0) is 12.8 Å². The number of aliphatic hydroxyl groups excluding tert-OH is 2. The highest BCUT2D eigenvalue weighted by Gasteiger charge is 1.94. The molecule has 0 aromatic heterocycles. The molecule has 0 bridgehead atoms. The number of rotatable bonds is 4. The highest BCUT2D eigenvalue weighted by atomic mass is 16.3. The number of aliphatic hydroxyl groups is 2. The van der Waals surface area contributed by atoms with Crippen LogP contribution in [0.1, 0.15) is 13.9 Å². The molecule has 0 unspecified atom stereocenters. The molecule has 12 heavy (non-hydrogen) atoms. The van der Waals surface area contributed by atoms with Crippen molar-refractivity contribution in [2.75, 3.05) is 13.2 Å². The molecule has 2 nitrogen and oxygen atoms in total. The maximum atomic E-state index is 8.86. The van der Waals surface area contributed by atoms with E-state index >= 15 is 0 Å². The van der Waals surface area contributed by atoms with Gasteiger partial charge < -0.3 is 10.2 Å². The summed E-state index contributed by atoms with van der Waals surface area (Å²) in [5.74, 6) is 0. The molecule has 1 aromatic carbocycles. The SMILES string of the molecule is [2H][C@H](O)Cc1cccc(C[C@H]([2H])O)c1. The minimum Gasteiger partial charge on any atom is -0.396 e. The standard InChI is InChI=1S/C10H14O2/c11-6-4-9-2-1-3-10(8-9)5-7-12/h1-3,8,11-12H,4-7H2/i6D,7D/t6-,7-/m0/s1. The van der Waals surface area contributed by atoms with E-state index in [1.165, 1.54) is 0 Å². The summed E-state index contributed by atoms with van der Waals surface area (Å²) in [5.41, 5.74) is 1.70. The molecule has 1 aromatic rings. The zero-order valence-electron chi connectivity index (χ0n) is 8.77. The van der Waals surface area contributed by atoms with E-state index in [2.05, 4.69) is 0 Å². The third-order valence-electron chi connectivity index (χ3n) is 1.65. The third-order valence-corrected chi connectivity index (χ3v) is 1.65. The van der Waals surface area contributed by atoms with Gasteiger partial charge in [0.25, 0.3) is 0 Å². The summed E-state index contributed by atoms with van der Waals surface area (Å²) in [6.45, 7) is -2.21. The van der Waals surface area contributed by atoms with Gasteiger partial charge in [-0.3, -0.25) is 0 Å². The lowest BCUT2D eigenvalue weighted by atomic mass is 10.1. The first kappa shape index (κ1) is 6.63. The van der Waals surface area contributed by atoms with Crippen LogP contribution in [0.2, 0.25) is 0 Å². The first-order valence-electron chi connectivity index (χ1n) is 5.02. The molecule has 66 valence electrons. The van der Waals surface area contributed by atoms with Gasteiger partial charge in [0, 0.05) is 13.2 Å². The lowest BCUT2D eigenvalue weighted by Gasteiger charge is -2.01. The average molecular weight is 168 g/mol. The Morgan fingerprint density at radius 2 is 1.58 bits per heavy atom. The summed E-state index contributed by atoms with van der Waals surface area (Å²) in [7, 11) is 0. The first-order valence-corrected chi connectivity index (χ1v) is 3.86. The van der Waals surface area contributed by atoms with E-state index in [0.717, 1.165) is 11.1 Å². The van der Waals surface area contributed by atoms with Crippen molar-refractivity contribution in [3.8, 4) is 0 Å². The molecule has 1 rings (SSSR count). The van der Waals surface area contributed by atoms with Crippen LogP contribution in [0.5, 0.6) is 0 Å². The molecule has 0 aliphatic heterocycles. The molecule has 2 atom stereocenters. The lowest BCUT2D eigenvalue weighted by molar-refractivity contribution is 0.298. The molecular weight excluding hydrogens is 152 g/mol. The minimum absolute atomic E-state index is 0.280. The maximum Gasteiger partial charge on any atom is 0.0567 e. The second kappa shape index (κ2) is 4.91. The van der Waals surface area contributed by atoms with Gasteiger partial charge in [-0.2, -0.15) is 0 Å². The number of hydrogen-bond acceptors (Lipinski definition) is 2. The highest BCUT2D eigenvalue weighted by Crippen LogP contribution is 2.06. The van der Waals surface area contributed by atoms with Gasteiger partial charge in [0.1, 0.15) is 0 Å². The first-order chi connectivity index (χ1) is 6.58. The summed E-state index contributed by atoms with van der Waals surface area (Å²) in [5, 5.41) is 17.7. The van der Waals surface area contributed by atoms with Gasteiger partial charge in [0.2, 0.25) is 0 Å². The van der Waals surface area contributed by atoms with Crippen LogP contribution in [0.25, 0.3) is 0 Å². The van der Waals surface area contributed by atoms with Gasteiger partial charge in [-0.15, -0.1) is 0 Å². The van der Waals surface area contributed by atoms with Gasteiger partial charge in [-0.25, -0.2) is 0 Å². The minimum atomic E-state index is -1.11. The fraction of sp³-hybridized carbons (Fsp3) is 0.400. The van der Waals surface area contributed by atoms with E-state index in [0.29, 0.717) is 0 Å². The van der Waals surface area contributed by atoms with E-state index < -0.39 is 13.2 Å². The lowest BCUT2D eigenvalue weighted by Crippen LogP contribution is -1.94. The molecule has 0 fully saturated rings. The van der Waals surface area contributed by atoms with Crippen LogP contribution >= 0.6 is 0 Å². The molecule has 0 aliphatic rings. The Labute approximate surface area is 75.3 Å². The van der Waals surface area contributed by atoms with E-state index in [1.54, 1.807) is 12.1 Å². The normalized spacial score (nSPS) is 17.8. The predicted molar refractivity (Wildman–Crippen MR) is 48.0 cm³/mol. The van der Waals surface area contributed by atoms with E-state index in [-0.39, 0.29) is 12.8 Å². The van der Waals surface area contributed by atoms with Gasteiger partial charge in [-0.05, 0) is 24.0 Å². The summed E-state index contributed by atoms with van der Waals surface area (Å²) < 4.78 is 14.0. The Hall–Kier alpha value is -0.860. The molecule has 0 spiro atoms. The largest absolute Gasteiger partial charge is 0.396 e. The van der Waals surface area contributed by atoms with Gasteiger partial charge in [0.15, 0.2) is 0 Å². The summed E-state index contributed by atoms with van der Waals surface area (Å²) in [6.07, 6.45) is 0.559. The second-order valence-corrected chi connectivity index (χ2v) is 2.59. The highest BCUT2D eigenvalue weighted by molar-refractivity contribution is 5.23. The quantitative estimate of drug-likeness (QED) is 0.696. The van der Waals surface area contributed by atoms with Crippen LogP contribution in [0.15, 0.2) is 24.3 Å². The molecule has 0 saturated carbocycles. The molecule has 2 heteroatoms. The van der Waals surface area contributed by atoms with Crippen LogP contribution in [0.4, 0.5) is 0 Å². The molecule has 0 saturated heterocycles. The van der Waals surface area contributed by atoms with E-state index in [1.807, 2.05) is 12.1 Å². The van der Waals surface area contributed by atoms with Crippen molar-refractivity contribution >= 4 is 0 Å². The zero-order valence-corrected chi connectivity index (χ0v) is 6.77. The van der Waals surface area contributed by atoms with Crippen molar-refractivity contribution in [1.82, 2.24) is 0 Å². The molecular formula is C10H14O2. The predicted octanol–water partition coefficient (Wildman–Crippen LogP) is 0.756. The number of aryl methyl sites for hydroxylation is 2. The van der Waals surface area contributed by atoms with Crippen LogP contribution in [-0.4, -0.2) is 23.4 Å². The van der Waals surface area contributed by atoms with Gasteiger partial charge in [0.05, 0.1) is 2.74 Å². The Morgan fingerprint density at radius 3 is 2.00 bits per heavy atom. The summed E-state index contributed by atoms with van der Waals surface area (Å²) in [4.78, 5) is 0. The van der Waals surface area contributed by atoms with Crippen molar-refractivity contribution in [3.05, 3.63) is 35.4 Å². The van der Waals surface area contributed by atoms with Crippen LogP contribution < -0.4 is 0 Å². The fourth-order valence-corrected chi connectivity index (χ4v) is 1.09. The smallest absolute Gasteiger partial charge is 0.0567 e. The third kappa shape index (κ3) is 2.64. The van der Waals surface area contributed by atoms with Gasteiger partial charge >= 0.3 is 0 Å². The molecule has 2 N–H and O–H groups in total. The number of hydrogen-bond donors (Lipinski definition) is 2. The Morgan fingerprint density at radius 1 is 1.08 bits per heavy atom. The maximum absolute atomic E-state index is 8.86. The van der Waals surface area contributed by atoms with Crippen LogP contribution in [0.3, 0.4) is 0 Å². The fourth-order valence-electron chi connectivity index (χ4n) is 1.09. The Bertz CT molecular complexity index is 262. The van der Waals surface area contributed by atoms with Crippen molar-refractivity contribution in [1.29, 1.82) is 0 Å².